The van der Waals surface area contributed by atoms with Crippen LogP contribution in [0.5, 0.6) is 0 Å². The minimum atomic E-state index is -0.834. The van der Waals surface area contributed by atoms with Gasteiger partial charge in [0.1, 0.15) is 6.04 Å². The summed E-state index contributed by atoms with van der Waals surface area (Å²) in [7, 11) is 0. The first-order valence-corrected chi connectivity index (χ1v) is 32.4. The number of carbonyl (C=O) groups is 3. The lowest BCUT2D eigenvalue weighted by Crippen LogP contribution is -2.42. The number of β-amino-alcohol motifs (C(OH)–C–C–N with tert-alkyl or cyclic N) is 1. The molecule has 9 heteroatoms. The van der Waals surface area contributed by atoms with E-state index in [0.717, 1.165) is 122 Å². The quantitative estimate of drug-likeness (QED) is 0.0275. The van der Waals surface area contributed by atoms with Crippen molar-refractivity contribution in [3.8, 4) is 0 Å². The molecular weight excluding hydrogens is 911 g/mol. The van der Waals surface area contributed by atoms with Crippen molar-refractivity contribution >= 4 is 17.9 Å². The van der Waals surface area contributed by atoms with Gasteiger partial charge in [0.25, 0.3) is 0 Å². The average molecular weight is 1030 g/mol. The van der Waals surface area contributed by atoms with E-state index in [4.69, 9.17) is 18.9 Å². The van der Waals surface area contributed by atoms with E-state index in [-0.39, 0.29) is 24.0 Å². The lowest BCUT2D eigenvalue weighted by atomic mass is 9.97. The zero-order valence-electron chi connectivity index (χ0n) is 49.3. The van der Waals surface area contributed by atoms with E-state index in [9.17, 15) is 19.5 Å². The number of likely N-dealkylation sites (tertiary alicyclic amines) is 1. The fourth-order valence-corrected chi connectivity index (χ4v) is 10.8. The molecule has 2 atom stereocenters. The summed E-state index contributed by atoms with van der Waals surface area (Å²) in [4.78, 5) is 41.3. The molecular formula is C64H123NO8. The summed E-state index contributed by atoms with van der Waals surface area (Å²) in [5.41, 5.74) is 0. The smallest absolute Gasteiger partial charge is 0.323 e. The molecule has 0 aromatic heterocycles. The van der Waals surface area contributed by atoms with Crippen molar-refractivity contribution in [3.63, 3.8) is 0 Å². The third kappa shape index (κ3) is 41.1. The number of hydrogen-bond acceptors (Lipinski definition) is 9. The third-order valence-electron chi connectivity index (χ3n) is 15.5. The zero-order chi connectivity index (χ0) is 53.1. The Kier molecular flexibility index (Phi) is 48.5. The van der Waals surface area contributed by atoms with Crippen LogP contribution >= 0.6 is 0 Å². The highest BCUT2D eigenvalue weighted by Crippen LogP contribution is 2.34. The highest BCUT2D eigenvalue weighted by Gasteiger charge is 2.38. The van der Waals surface area contributed by atoms with Gasteiger partial charge in [-0.05, 0) is 70.8 Å². The van der Waals surface area contributed by atoms with Gasteiger partial charge in [0.15, 0.2) is 0 Å². The van der Waals surface area contributed by atoms with Gasteiger partial charge in [-0.1, -0.05) is 247 Å². The summed E-state index contributed by atoms with van der Waals surface area (Å²) in [5.74, 6) is -1.26. The molecule has 0 aromatic carbocycles. The van der Waals surface area contributed by atoms with Crippen LogP contribution in [0.3, 0.4) is 0 Å². The van der Waals surface area contributed by atoms with E-state index >= 15 is 0 Å². The molecule has 0 bridgehead atoms. The van der Waals surface area contributed by atoms with Crippen molar-refractivity contribution in [2.24, 2.45) is 0 Å². The summed E-state index contributed by atoms with van der Waals surface area (Å²) in [6.45, 7) is 13.4. The highest BCUT2D eigenvalue weighted by molar-refractivity contribution is 5.76. The van der Waals surface area contributed by atoms with Gasteiger partial charge in [-0.25, -0.2) is 0 Å². The number of aliphatic hydroxyl groups is 1. The van der Waals surface area contributed by atoms with Crippen LogP contribution < -0.4 is 0 Å². The van der Waals surface area contributed by atoms with Crippen molar-refractivity contribution in [3.05, 3.63) is 0 Å². The van der Waals surface area contributed by atoms with E-state index in [1.807, 2.05) is 0 Å². The first-order valence-electron chi connectivity index (χ1n) is 32.4. The molecule has 0 radical (unpaired) electrons. The van der Waals surface area contributed by atoms with Gasteiger partial charge in [-0.3, -0.25) is 19.3 Å². The first kappa shape index (κ1) is 69.3. The van der Waals surface area contributed by atoms with Gasteiger partial charge in [-0.15, -0.1) is 0 Å². The summed E-state index contributed by atoms with van der Waals surface area (Å²) < 4.78 is 25.2. The second-order valence-corrected chi connectivity index (χ2v) is 22.7. The lowest BCUT2D eigenvalue weighted by molar-refractivity contribution is -0.259. The van der Waals surface area contributed by atoms with E-state index in [1.54, 1.807) is 0 Å². The van der Waals surface area contributed by atoms with Gasteiger partial charge in [-0.2, -0.15) is 0 Å². The highest BCUT2D eigenvalue weighted by atomic mass is 16.7. The third-order valence-corrected chi connectivity index (χ3v) is 15.5. The first-order chi connectivity index (χ1) is 35.7. The molecule has 73 heavy (non-hydrogen) atoms. The number of hydrogen-bond donors (Lipinski definition) is 1. The molecule has 1 heterocycles. The Bertz CT molecular complexity index is 1200. The van der Waals surface area contributed by atoms with E-state index in [2.05, 4.69) is 39.5 Å². The summed E-state index contributed by atoms with van der Waals surface area (Å²) in [6.07, 6.45) is 52.5. The van der Waals surface area contributed by atoms with Crippen molar-refractivity contribution in [2.75, 3.05) is 26.3 Å². The van der Waals surface area contributed by atoms with Gasteiger partial charge in [0.05, 0.1) is 25.4 Å². The number of rotatable bonds is 56. The minimum absolute atomic E-state index is 0.0888. The molecule has 1 rings (SSSR count). The number of nitrogens with zero attached hydrogens (tertiary/aromatic N) is 1. The Balaban J connectivity index is 2.64. The summed E-state index contributed by atoms with van der Waals surface area (Å²) >= 11 is 0. The molecule has 0 spiro atoms. The van der Waals surface area contributed by atoms with Crippen LogP contribution in [-0.2, 0) is 33.3 Å². The van der Waals surface area contributed by atoms with Gasteiger partial charge in [0, 0.05) is 38.6 Å². The summed E-state index contributed by atoms with van der Waals surface area (Å²) in [6, 6.07) is -0.408. The number of ether oxygens (including phenoxy) is 4. The minimum Gasteiger partial charge on any atom is -0.466 e. The lowest BCUT2D eigenvalue weighted by Gasteiger charge is -2.37. The normalized spacial score (nSPS) is 15.2. The Hall–Kier alpha value is -1.71. The molecule has 0 aromatic rings. The Morgan fingerprint density at radius 1 is 0.452 bits per heavy atom. The van der Waals surface area contributed by atoms with Crippen LogP contribution in [0.15, 0.2) is 0 Å². The topological polar surface area (TPSA) is 112 Å². The predicted octanol–water partition coefficient (Wildman–Crippen LogP) is 18.6. The maximum Gasteiger partial charge on any atom is 0.323 e. The fraction of sp³-hybridized carbons (Fsp3) is 0.953. The van der Waals surface area contributed by atoms with Crippen molar-refractivity contribution in [1.82, 2.24) is 4.90 Å². The zero-order valence-corrected chi connectivity index (χ0v) is 49.3. The maximum absolute atomic E-state index is 13.9. The van der Waals surface area contributed by atoms with Crippen LogP contribution in [0.4, 0.5) is 0 Å². The predicted molar refractivity (Wildman–Crippen MR) is 307 cm³/mol. The molecule has 1 saturated heterocycles. The standard InChI is InChI=1S/C64H123NO8/c1-6-11-16-21-26-27-28-32-40-49-61(67)70-54-46-37-44-53-65-57-58(66)56-60(65)63(69)71-55-45-36-29-33-41-50-62(68)73-64(51-42-34-24-19-14-9-4,52-43-35-25-20-15-10-5)72-59(47-38-30-22-17-12-7-2)48-39-31-23-18-13-8-3/h58-60,66H,6-57H2,1-5H3/t58?,60-/m0/s1. The van der Waals surface area contributed by atoms with Gasteiger partial charge >= 0.3 is 17.9 Å². The largest absolute Gasteiger partial charge is 0.466 e. The average Bonchev–Trinajstić information content (AvgIpc) is 3.76. The number of unbranched alkanes of at least 4 members (excludes halogenated alkanes) is 34. The molecule has 9 nitrogen and oxygen atoms in total. The Morgan fingerprint density at radius 2 is 0.822 bits per heavy atom. The van der Waals surface area contributed by atoms with Crippen LogP contribution in [-0.4, -0.2) is 78.3 Å². The molecule has 432 valence electrons. The van der Waals surface area contributed by atoms with Crippen LogP contribution in [0, 0.1) is 0 Å². The van der Waals surface area contributed by atoms with Gasteiger partial charge < -0.3 is 24.1 Å². The number of aliphatic hydroxyl groups excluding tert-OH is 1. The van der Waals surface area contributed by atoms with Crippen molar-refractivity contribution < 1.29 is 38.4 Å². The summed E-state index contributed by atoms with van der Waals surface area (Å²) in [5, 5.41) is 10.4. The molecule has 1 unspecified atom stereocenters. The Morgan fingerprint density at radius 3 is 1.29 bits per heavy atom. The molecule has 1 aliphatic rings. The van der Waals surface area contributed by atoms with E-state index in [1.165, 1.54) is 173 Å². The Labute approximate surface area is 452 Å². The van der Waals surface area contributed by atoms with Crippen molar-refractivity contribution in [1.29, 1.82) is 0 Å². The second kappa shape index (κ2) is 51.1. The number of carbonyl (C=O) groups excluding carboxylic acids is 3. The molecule has 0 aliphatic carbocycles. The van der Waals surface area contributed by atoms with E-state index in [0.29, 0.717) is 39.0 Å². The molecule has 0 amide bonds. The molecule has 1 aliphatic heterocycles. The molecule has 0 saturated carbocycles. The molecule has 1 N–H and O–H groups in total. The van der Waals surface area contributed by atoms with Crippen molar-refractivity contribution in [2.45, 2.75) is 367 Å². The second-order valence-electron chi connectivity index (χ2n) is 22.7. The molecule has 1 fully saturated rings. The van der Waals surface area contributed by atoms with Crippen LogP contribution in [0.1, 0.15) is 343 Å². The number of esters is 3. The fourth-order valence-electron chi connectivity index (χ4n) is 10.8. The van der Waals surface area contributed by atoms with E-state index < -0.39 is 17.9 Å². The monoisotopic (exact) mass is 1030 g/mol. The SMILES string of the molecule is CCCCCCCCCCCC(=O)OCCCCCN1CC(O)C[C@H]1C(=O)OCCCCCCCC(=O)OC(CCCCCCCC)(CCCCCCCC)OC(CCCCCCCC)CCCCCCCC. The van der Waals surface area contributed by atoms with Crippen LogP contribution in [0.2, 0.25) is 0 Å². The van der Waals surface area contributed by atoms with Gasteiger partial charge in [0.2, 0.25) is 5.79 Å². The maximum atomic E-state index is 13.9. The van der Waals surface area contributed by atoms with Crippen LogP contribution in [0.25, 0.3) is 0 Å².